The van der Waals surface area contributed by atoms with Gasteiger partial charge >= 0.3 is 0 Å². The van der Waals surface area contributed by atoms with Gasteiger partial charge in [0.25, 0.3) is 0 Å². The first kappa shape index (κ1) is 20.5. The van der Waals surface area contributed by atoms with Crippen molar-refractivity contribution in [1.29, 1.82) is 5.41 Å². The molecule has 0 spiro atoms. The van der Waals surface area contributed by atoms with Crippen LogP contribution in [0.2, 0.25) is 0 Å². The summed E-state index contributed by atoms with van der Waals surface area (Å²) in [7, 11) is 0. The van der Waals surface area contributed by atoms with Crippen molar-refractivity contribution in [3.05, 3.63) is 113 Å². The minimum atomic E-state index is -0.000868. The molecular weight excluding hydrogens is 410 g/mol. The van der Waals surface area contributed by atoms with E-state index in [1.807, 2.05) is 77.4 Å². The summed E-state index contributed by atoms with van der Waals surface area (Å²) in [4.78, 5) is 11.9. The van der Waals surface area contributed by atoms with E-state index in [1.165, 1.54) is 0 Å². The van der Waals surface area contributed by atoms with Crippen LogP contribution in [-0.4, -0.2) is 16.7 Å². The standard InChI is InChI=1S/C28H23N3O2/c29-28(30)22-11-10-21-12-24(17-32)31(27(21)15-22)16-23-14-25(13-20-8-4-5-9-26(20)23)33-18-19-6-2-1-3-7-19/h1-15,17H,16,18H2,(H3,29,30). The van der Waals surface area contributed by atoms with Crippen LogP contribution in [0.4, 0.5) is 0 Å². The third-order valence-corrected chi connectivity index (χ3v) is 5.87. The molecular formula is C28H23N3O2. The number of benzene rings is 4. The Morgan fingerprint density at radius 2 is 1.70 bits per heavy atom. The molecule has 1 aromatic heterocycles. The summed E-state index contributed by atoms with van der Waals surface area (Å²) < 4.78 is 8.10. The quantitative estimate of drug-likeness (QED) is 0.201. The zero-order chi connectivity index (χ0) is 22.8. The van der Waals surface area contributed by atoms with E-state index in [2.05, 4.69) is 12.1 Å². The van der Waals surface area contributed by atoms with Crippen LogP contribution in [0, 0.1) is 5.41 Å². The van der Waals surface area contributed by atoms with Gasteiger partial charge in [-0.2, -0.15) is 0 Å². The van der Waals surface area contributed by atoms with Gasteiger partial charge in [0.05, 0.1) is 5.69 Å². The number of aromatic nitrogens is 1. The number of nitrogens with zero attached hydrogens (tertiary/aromatic N) is 1. The Morgan fingerprint density at radius 3 is 2.48 bits per heavy atom. The molecule has 5 rings (SSSR count). The molecule has 1 heterocycles. The molecule has 0 aliphatic carbocycles. The third kappa shape index (κ3) is 4.08. The van der Waals surface area contributed by atoms with Crippen LogP contribution in [0.5, 0.6) is 5.75 Å². The number of nitrogen functional groups attached to an aromatic ring is 1. The molecule has 0 saturated carbocycles. The number of ether oxygens (including phenoxy) is 1. The molecule has 3 N–H and O–H groups in total. The molecule has 0 unspecified atom stereocenters. The van der Waals surface area contributed by atoms with E-state index in [1.54, 1.807) is 6.07 Å². The lowest BCUT2D eigenvalue weighted by Gasteiger charge is -2.14. The van der Waals surface area contributed by atoms with Crippen LogP contribution >= 0.6 is 0 Å². The summed E-state index contributed by atoms with van der Waals surface area (Å²) in [6.07, 6.45) is 0.866. The Labute approximate surface area is 191 Å². The van der Waals surface area contributed by atoms with Crippen molar-refractivity contribution < 1.29 is 9.53 Å². The van der Waals surface area contributed by atoms with Gasteiger partial charge in [0.1, 0.15) is 18.2 Å². The first-order chi connectivity index (χ1) is 16.1. The predicted molar refractivity (Wildman–Crippen MR) is 132 cm³/mol. The lowest BCUT2D eigenvalue weighted by atomic mass is 10.0. The second kappa shape index (κ2) is 8.63. The minimum absolute atomic E-state index is 0.000868. The molecule has 4 aromatic carbocycles. The normalized spacial score (nSPS) is 11.0. The number of amidine groups is 1. The molecule has 162 valence electrons. The molecule has 0 aliphatic heterocycles. The van der Waals surface area contributed by atoms with Gasteiger partial charge in [0, 0.05) is 23.0 Å². The summed E-state index contributed by atoms with van der Waals surface area (Å²) in [6.45, 7) is 0.967. The highest BCUT2D eigenvalue weighted by Gasteiger charge is 2.13. The van der Waals surface area contributed by atoms with Gasteiger partial charge in [-0.1, -0.05) is 66.7 Å². The molecule has 5 nitrogen and oxygen atoms in total. The summed E-state index contributed by atoms with van der Waals surface area (Å²) in [5.74, 6) is 0.778. The van der Waals surface area contributed by atoms with Gasteiger partial charge in [-0.25, -0.2) is 0 Å². The maximum absolute atomic E-state index is 11.9. The molecule has 0 fully saturated rings. The lowest BCUT2D eigenvalue weighted by molar-refractivity contribution is 0.111. The van der Waals surface area contributed by atoms with Crippen LogP contribution in [-0.2, 0) is 13.2 Å². The molecule has 5 heteroatoms. The number of rotatable bonds is 7. The van der Waals surface area contributed by atoms with E-state index in [4.69, 9.17) is 15.9 Å². The Bertz CT molecular complexity index is 1490. The summed E-state index contributed by atoms with van der Waals surface area (Å²) in [5.41, 5.74) is 9.93. The number of nitrogens with two attached hydrogens (primary N) is 1. The number of nitrogens with one attached hydrogen (secondary N) is 1. The Morgan fingerprint density at radius 1 is 0.909 bits per heavy atom. The van der Waals surface area contributed by atoms with E-state index >= 15 is 0 Å². The van der Waals surface area contributed by atoms with Crippen LogP contribution < -0.4 is 10.5 Å². The first-order valence-corrected chi connectivity index (χ1v) is 10.7. The molecule has 0 atom stereocenters. The molecule has 0 bridgehead atoms. The first-order valence-electron chi connectivity index (χ1n) is 10.7. The molecule has 33 heavy (non-hydrogen) atoms. The van der Waals surface area contributed by atoms with E-state index in [9.17, 15) is 4.79 Å². The summed E-state index contributed by atoms with van der Waals surface area (Å²) in [6, 6.07) is 29.7. The highest BCUT2D eigenvalue weighted by Crippen LogP contribution is 2.29. The highest BCUT2D eigenvalue weighted by molar-refractivity contribution is 6.00. The average molecular weight is 434 g/mol. The molecule has 0 radical (unpaired) electrons. The second-order valence-corrected chi connectivity index (χ2v) is 8.04. The number of hydrogen-bond donors (Lipinski definition) is 2. The molecule has 0 aliphatic rings. The van der Waals surface area contributed by atoms with Crippen molar-refractivity contribution in [2.45, 2.75) is 13.2 Å². The van der Waals surface area contributed by atoms with Crippen LogP contribution in [0.15, 0.2) is 91.0 Å². The number of carbonyl (C=O) groups is 1. The SMILES string of the molecule is N=C(N)c1ccc2cc(C=O)n(Cc3cc(OCc4ccccc4)cc4ccccc34)c2c1. The maximum Gasteiger partial charge on any atom is 0.166 e. The largest absolute Gasteiger partial charge is 0.489 e. The maximum atomic E-state index is 11.9. The number of hydrogen-bond acceptors (Lipinski definition) is 3. The average Bonchev–Trinajstić information content (AvgIpc) is 3.20. The fourth-order valence-corrected chi connectivity index (χ4v) is 4.20. The minimum Gasteiger partial charge on any atom is -0.489 e. The van der Waals surface area contributed by atoms with Crippen LogP contribution in [0.1, 0.15) is 27.2 Å². The Balaban J connectivity index is 1.58. The Hall–Kier alpha value is -4.38. The van der Waals surface area contributed by atoms with E-state index in [0.29, 0.717) is 24.4 Å². The van der Waals surface area contributed by atoms with Gasteiger partial charge in [0.15, 0.2) is 6.29 Å². The van der Waals surface area contributed by atoms with Gasteiger partial charge in [-0.05, 0) is 46.2 Å². The van der Waals surface area contributed by atoms with Crippen molar-refractivity contribution in [1.82, 2.24) is 4.57 Å². The smallest absolute Gasteiger partial charge is 0.166 e. The fraction of sp³-hybridized carbons (Fsp3) is 0.0714. The van der Waals surface area contributed by atoms with Gasteiger partial charge < -0.3 is 15.0 Å². The summed E-state index contributed by atoms with van der Waals surface area (Å²) >= 11 is 0. The van der Waals surface area contributed by atoms with Gasteiger partial charge in [0.2, 0.25) is 0 Å². The second-order valence-electron chi connectivity index (χ2n) is 8.04. The Kier molecular flexibility index (Phi) is 5.37. The van der Waals surface area contributed by atoms with Gasteiger partial charge in [-0.15, -0.1) is 0 Å². The zero-order valence-corrected chi connectivity index (χ0v) is 18.0. The zero-order valence-electron chi connectivity index (χ0n) is 18.0. The van der Waals surface area contributed by atoms with E-state index in [0.717, 1.165) is 44.8 Å². The van der Waals surface area contributed by atoms with Crippen molar-refractivity contribution in [2.75, 3.05) is 0 Å². The number of fused-ring (bicyclic) bond motifs is 2. The molecule has 5 aromatic rings. The van der Waals surface area contributed by atoms with E-state index < -0.39 is 0 Å². The molecule has 0 amide bonds. The van der Waals surface area contributed by atoms with Gasteiger partial charge in [-0.3, -0.25) is 10.2 Å². The van der Waals surface area contributed by atoms with Crippen molar-refractivity contribution in [3.8, 4) is 5.75 Å². The van der Waals surface area contributed by atoms with Crippen LogP contribution in [0.25, 0.3) is 21.7 Å². The highest BCUT2D eigenvalue weighted by atomic mass is 16.5. The monoisotopic (exact) mass is 433 g/mol. The third-order valence-electron chi connectivity index (χ3n) is 5.87. The van der Waals surface area contributed by atoms with Crippen molar-refractivity contribution >= 4 is 33.8 Å². The molecule has 0 saturated heterocycles. The summed E-state index contributed by atoms with van der Waals surface area (Å²) in [5, 5.41) is 10.9. The topological polar surface area (TPSA) is 81.1 Å². The van der Waals surface area contributed by atoms with Crippen molar-refractivity contribution in [3.63, 3.8) is 0 Å². The lowest BCUT2D eigenvalue weighted by Crippen LogP contribution is -2.11. The predicted octanol–water partition coefficient (Wildman–Crippen LogP) is 5.52. The van der Waals surface area contributed by atoms with E-state index in [-0.39, 0.29) is 5.84 Å². The number of aldehydes is 1. The van der Waals surface area contributed by atoms with Crippen molar-refractivity contribution in [2.24, 2.45) is 5.73 Å². The number of carbonyl (C=O) groups excluding carboxylic acids is 1. The van der Waals surface area contributed by atoms with Crippen LogP contribution in [0.3, 0.4) is 0 Å². The fourth-order valence-electron chi connectivity index (χ4n) is 4.20.